The SMILES string of the molecule is C=CC(=O)N1CC(C)N(C(=C)SN=C2CC=C(Cl)C(c3cc(O)cc4ccccc34)=C2F)[C@H](C)C1. The van der Waals surface area contributed by atoms with E-state index in [1.54, 1.807) is 17.0 Å². The summed E-state index contributed by atoms with van der Waals surface area (Å²) in [6.45, 7) is 12.9. The second-order valence-electron chi connectivity index (χ2n) is 8.74. The second kappa shape index (κ2) is 10.3. The highest BCUT2D eigenvalue weighted by Crippen LogP contribution is 2.41. The maximum Gasteiger partial charge on any atom is 0.246 e. The van der Waals surface area contributed by atoms with Gasteiger partial charge in [-0.05, 0) is 48.4 Å². The van der Waals surface area contributed by atoms with Crippen LogP contribution in [0.1, 0.15) is 25.8 Å². The lowest BCUT2D eigenvalue weighted by Gasteiger charge is -2.45. The molecule has 1 aliphatic carbocycles. The summed E-state index contributed by atoms with van der Waals surface area (Å²) in [7, 11) is 0. The van der Waals surface area contributed by atoms with E-state index in [1.165, 1.54) is 12.1 Å². The number of phenols is 1. The van der Waals surface area contributed by atoms with Gasteiger partial charge in [-0.3, -0.25) is 4.79 Å². The average Bonchev–Trinajstić information content (AvgIpc) is 2.82. The van der Waals surface area contributed by atoms with E-state index in [9.17, 15) is 9.90 Å². The summed E-state index contributed by atoms with van der Waals surface area (Å²) in [4.78, 5) is 15.9. The molecule has 0 saturated carbocycles. The van der Waals surface area contributed by atoms with Crippen molar-refractivity contribution in [3.8, 4) is 5.75 Å². The van der Waals surface area contributed by atoms with Crippen LogP contribution in [0.3, 0.4) is 0 Å². The minimum absolute atomic E-state index is 0.0261. The maximum atomic E-state index is 15.8. The number of halogens is 2. The fourth-order valence-electron chi connectivity index (χ4n) is 4.73. The van der Waals surface area contributed by atoms with E-state index in [0.717, 1.165) is 22.7 Å². The first kappa shape index (κ1) is 25.1. The zero-order valence-electron chi connectivity index (χ0n) is 19.7. The third-order valence-electron chi connectivity index (χ3n) is 6.26. The molecule has 1 unspecified atom stereocenters. The van der Waals surface area contributed by atoms with E-state index >= 15 is 4.39 Å². The quantitative estimate of drug-likeness (QED) is 0.372. The zero-order chi connectivity index (χ0) is 25.3. The largest absolute Gasteiger partial charge is 0.508 e. The minimum atomic E-state index is -0.518. The van der Waals surface area contributed by atoms with Gasteiger partial charge in [0.05, 0.1) is 10.7 Å². The van der Waals surface area contributed by atoms with Gasteiger partial charge < -0.3 is 14.9 Å². The number of hydrogen-bond acceptors (Lipinski definition) is 5. The number of benzene rings is 2. The van der Waals surface area contributed by atoms with Gasteiger partial charge in [-0.25, -0.2) is 8.79 Å². The molecular formula is C27H27ClFN3O2S. The van der Waals surface area contributed by atoms with Gasteiger partial charge in [0.1, 0.15) is 5.75 Å². The predicted octanol–water partition coefficient (Wildman–Crippen LogP) is 6.42. The fourth-order valence-corrected chi connectivity index (χ4v) is 5.82. The Kier molecular flexibility index (Phi) is 7.38. The molecule has 1 amide bonds. The third-order valence-corrected chi connectivity index (χ3v) is 7.33. The molecule has 35 heavy (non-hydrogen) atoms. The van der Waals surface area contributed by atoms with Crippen LogP contribution < -0.4 is 0 Å². The highest BCUT2D eigenvalue weighted by molar-refractivity contribution is 8.01. The summed E-state index contributed by atoms with van der Waals surface area (Å²) in [5.74, 6) is -0.574. The Labute approximate surface area is 214 Å². The van der Waals surface area contributed by atoms with Crippen molar-refractivity contribution < 1.29 is 14.3 Å². The molecule has 1 fully saturated rings. The first-order valence-electron chi connectivity index (χ1n) is 11.3. The summed E-state index contributed by atoms with van der Waals surface area (Å²) < 4.78 is 20.3. The van der Waals surface area contributed by atoms with Crippen LogP contribution in [0, 0.1) is 0 Å². The number of piperazine rings is 1. The smallest absolute Gasteiger partial charge is 0.246 e. The molecule has 0 aromatic heterocycles. The van der Waals surface area contributed by atoms with Crippen LogP contribution in [0.2, 0.25) is 0 Å². The lowest BCUT2D eigenvalue weighted by Crippen LogP contribution is -2.56. The lowest BCUT2D eigenvalue weighted by molar-refractivity contribution is -0.129. The van der Waals surface area contributed by atoms with Crippen molar-refractivity contribution in [2.45, 2.75) is 32.4 Å². The molecule has 1 aliphatic heterocycles. The van der Waals surface area contributed by atoms with Crippen LogP contribution in [-0.2, 0) is 4.79 Å². The Morgan fingerprint density at radius 3 is 2.63 bits per heavy atom. The number of phenolic OH excluding ortho intramolecular Hbond substituents is 1. The molecule has 5 nitrogen and oxygen atoms in total. The molecule has 0 spiro atoms. The molecule has 182 valence electrons. The summed E-state index contributed by atoms with van der Waals surface area (Å²) in [6, 6.07) is 10.7. The molecule has 0 bridgehead atoms. The summed E-state index contributed by atoms with van der Waals surface area (Å²) >= 11 is 7.58. The number of nitrogens with zero attached hydrogens (tertiary/aromatic N) is 3. The van der Waals surface area contributed by atoms with Crippen LogP contribution in [0.25, 0.3) is 16.3 Å². The Morgan fingerprint density at radius 2 is 1.94 bits per heavy atom. The van der Waals surface area contributed by atoms with Crippen molar-refractivity contribution in [1.29, 1.82) is 0 Å². The number of hydrogen-bond donors (Lipinski definition) is 1. The van der Waals surface area contributed by atoms with E-state index in [0.29, 0.717) is 23.7 Å². The van der Waals surface area contributed by atoms with Gasteiger partial charge in [0.15, 0.2) is 5.83 Å². The molecule has 1 N–H and O–H groups in total. The van der Waals surface area contributed by atoms with Crippen molar-refractivity contribution in [2.24, 2.45) is 4.40 Å². The lowest BCUT2D eigenvalue weighted by atomic mass is 9.92. The predicted molar refractivity (Wildman–Crippen MR) is 144 cm³/mol. The van der Waals surface area contributed by atoms with Crippen molar-refractivity contribution in [3.63, 3.8) is 0 Å². The zero-order valence-corrected chi connectivity index (χ0v) is 21.2. The number of carbonyl (C=O) groups is 1. The molecule has 2 aromatic carbocycles. The number of rotatable bonds is 5. The Bertz CT molecular complexity index is 1290. The van der Waals surface area contributed by atoms with E-state index in [4.69, 9.17) is 11.6 Å². The van der Waals surface area contributed by atoms with Gasteiger partial charge in [0.2, 0.25) is 5.91 Å². The standard InChI is InChI=1S/C27H27ClFN3O2S/c1-5-25(34)31-14-16(2)32(17(3)15-31)18(4)35-30-24-11-10-23(28)26(27(24)29)22-13-20(33)12-19-8-6-7-9-21(19)22/h5-10,12-13,16-17,33H,1,4,11,14-15H2,2-3H3/t16-,17?/m1/s1. The first-order valence-corrected chi connectivity index (χ1v) is 12.5. The van der Waals surface area contributed by atoms with Crippen LogP contribution in [0.15, 0.2) is 82.0 Å². The van der Waals surface area contributed by atoms with Crippen LogP contribution in [0.4, 0.5) is 4.39 Å². The minimum Gasteiger partial charge on any atom is -0.508 e. The van der Waals surface area contributed by atoms with Crippen LogP contribution >= 0.6 is 23.5 Å². The number of fused-ring (bicyclic) bond motifs is 1. The van der Waals surface area contributed by atoms with Crippen molar-refractivity contribution >= 4 is 51.5 Å². The Hall–Kier alpha value is -3.03. The Balaban J connectivity index is 1.61. The topological polar surface area (TPSA) is 56.1 Å². The van der Waals surface area contributed by atoms with Gasteiger partial charge in [-0.2, -0.15) is 0 Å². The summed E-state index contributed by atoms with van der Waals surface area (Å²) in [5.41, 5.74) is 0.984. The van der Waals surface area contributed by atoms with Crippen molar-refractivity contribution in [3.05, 3.63) is 83.2 Å². The number of amides is 1. The molecule has 2 aromatic rings. The van der Waals surface area contributed by atoms with Crippen molar-refractivity contribution in [1.82, 2.24) is 9.80 Å². The summed E-state index contributed by atoms with van der Waals surface area (Å²) in [6.07, 6.45) is 3.30. The highest BCUT2D eigenvalue weighted by Gasteiger charge is 2.32. The molecule has 0 radical (unpaired) electrons. The van der Waals surface area contributed by atoms with Gasteiger partial charge in [0, 0.05) is 54.1 Å². The maximum absolute atomic E-state index is 15.8. The fraction of sp³-hybridized carbons (Fsp3) is 0.259. The normalized spacial score (nSPS) is 21.9. The first-order chi connectivity index (χ1) is 16.7. The molecule has 4 rings (SSSR count). The van der Waals surface area contributed by atoms with E-state index in [1.807, 2.05) is 38.1 Å². The molecule has 8 heteroatoms. The monoisotopic (exact) mass is 511 g/mol. The van der Waals surface area contributed by atoms with E-state index in [-0.39, 0.29) is 46.5 Å². The van der Waals surface area contributed by atoms with E-state index in [2.05, 4.69) is 22.5 Å². The molecule has 1 saturated heterocycles. The van der Waals surface area contributed by atoms with Gasteiger partial charge in [-0.1, -0.05) is 55.1 Å². The molecule has 1 heterocycles. The van der Waals surface area contributed by atoms with Crippen LogP contribution in [0.5, 0.6) is 5.75 Å². The Morgan fingerprint density at radius 1 is 1.26 bits per heavy atom. The van der Waals surface area contributed by atoms with Crippen molar-refractivity contribution in [2.75, 3.05) is 13.1 Å². The second-order valence-corrected chi connectivity index (χ2v) is 9.98. The van der Waals surface area contributed by atoms with Gasteiger partial charge in [-0.15, -0.1) is 0 Å². The van der Waals surface area contributed by atoms with Gasteiger partial charge in [0.25, 0.3) is 0 Å². The van der Waals surface area contributed by atoms with Gasteiger partial charge >= 0.3 is 0 Å². The summed E-state index contributed by atoms with van der Waals surface area (Å²) in [5, 5.41) is 12.8. The van der Waals surface area contributed by atoms with E-state index < -0.39 is 5.83 Å². The number of carbonyl (C=O) groups excluding carboxylic acids is 1. The highest BCUT2D eigenvalue weighted by atomic mass is 35.5. The molecule has 2 aliphatic rings. The third kappa shape index (κ3) is 5.02. The number of aromatic hydroxyl groups is 1. The average molecular weight is 512 g/mol. The number of allylic oxidation sites excluding steroid dienone is 4. The molecular weight excluding hydrogens is 485 g/mol. The van der Waals surface area contributed by atoms with Crippen LogP contribution in [-0.4, -0.2) is 51.7 Å². The molecule has 2 atom stereocenters.